The first-order valence-electron chi connectivity index (χ1n) is 8.85. The summed E-state index contributed by atoms with van der Waals surface area (Å²) in [6, 6.07) is 14.4. The van der Waals surface area contributed by atoms with Crippen molar-refractivity contribution in [3.05, 3.63) is 42.5 Å². The lowest BCUT2D eigenvalue weighted by Gasteiger charge is -2.08. The molecule has 0 aliphatic heterocycles. The summed E-state index contributed by atoms with van der Waals surface area (Å²) >= 11 is 0. The molecule has 3 aromatic rings. The van der Waals surface area contributed by atoms with E-state index in [-0.39, 0.29) is 5.91 Å². The molecule has 3 N–H and O–H groups in total. The molecule has 5 heteroatoms. The summed E-state index contributed by atoms with van der Waals surface area (Å²) in [5.41, 5.74) is 3.88. The predicted molar refractivity (Wildman–Crippen MR) is 98.9 cm³/mol. The van der Waals surface area contributed by atoms with E-state index in [9.17, 15) is 4.79 Å². The van der Waals surface area contributed by atoms with Crippen molar-refractivity contribution in [2.24, 2.45) is 0 Å². The number of fused-ring (bicyclic) bond motifs is 3. The van der Waals surface area contributed by atoms with Gasteiger partial charge in [-0.3, -0.25) is 10.0 Å². The van der Waals surface area contributed by atoms with Crippen molar-refractivity contribution in [2.75, 3.05) is 6.61 Å². The van der Waals surface area contributed by atoms with Crippen LogP contribution in [-0.2, 0) is 4.79 Å². The van der Waals surface area contributed by atoms with Crippen LogP contribution in [0.2, 0.25) is 0 Å². The zero-order chi connectivity index (χ0) is 17.5. The number of benzene rings is 2. The largest absolute Gasteiger partial charge is 0.493 e. The molecule has 0 saturated carbocycles. The maximum absolute atomic E-state index is 10.9. The molecule has 2 aromatic carbocycles. The van der Waals surface area contributed by atoms with Crippen LogP contribution in [0.1, 0.15) is 38.5 Å². The molecule has 3 rings (SSSR count). The van der Waals surface area contributed by atoms with E-state index in [2.05, 4.69) is 23.2 Å². The highest BCUT2D eigenvalue weighted by Gasteiger charge is 2.08. The van der Waals surface area contributed by atoms with Crippen LogP contribution in [0, 0.1) is 0 Å². The molecule has 0 unspecified atom stereocenters. The van der Waals surface area contributed by atoms with Crippen LogP contribution in [-0.4, -0.2) is 22.7 Å². The van der Waals surface area contributed by atoms with Crippen molar-refractivity contribution < 1.29 is 14.7 Å². The van der Waals surface area contributed by atoms with Gasteiger partial charge in [0.25, 0.3) is 0 Å². The minimum absolute atomic E-state index is 0.310. The SMILES string of the molecule is O=C(CCCCCCCOc1cccc2[nH]c3ccccc3c12)NO. The first-order valence-corrected chi connectivity index (χ1v) is 8.85. The van der Waals surface area contributed by atoms with Crippen molar-refractivity contribution in [1.82, 2.24) is 10.5 Å². The van der Waals surface area contributed by atoms with Crippen LogP contribution >= 0.6 is 0 Å². The van der Waals surface area contributed by atoms with Crippen LogP contribution < -0.4 is 10.2 Å². The third-order valence-corrected chi connectivity index (χ3v) is 4.42. The Morgan fingerprint density at radius 2 is 1.72 bits per heavy atom. The lowest BCUT2D eigenvalue weighted by Crippen LogP contribution is -2.17. The Balaban J connectivity index is 1.48. The molecule has 25 heavy (non-hydrogen) atoms. The number of aromatic nitrogens is 1. The highest BCUT2D eigenvalue weighted by Crippen LogP contribution is 2.33. The summed E-state index contributed by atoms with van der Waals surface area (Å²) in [6.45, 7) is 0.690. The Morgan fingerprint density at radius 3 is 2.60 bits per heavy atom. The minimum atomic E-state index is -0.310. The summed E-state index contributed by atoms with van der Waals surface area (Å²) in [7, 11) is 0. The van der Waals surface area contributed by atoms with Crippen LogP contribution in [0.5, 0.6) is 5.75 Å². The van der Waals surface area contributed by atoms with Crippen molar-refractivity contribution in [3.63, 3.8) is 0 Å². The van der Waals surface area contributed by atoms with Crippen molar-refractivity contribution in [2.45, 2.75) is 38.5 Å². The molecule has 1 heterocycles. The van der Waals surface area contributed by atoms with Gasteiger partial charge < -0.3 is 9.72 Å². The number of aromatic amines is 1. The summed E-state index contributed by atoms with van der Waals surface area (Å²) in [5.74, 6) is 0.615. The molecular weight excluding hydrogens is 316 g/mol. The Labute approximate surface area is 146 Å². The Morgan fingerprint density at radius 1 is 0.960 bits per heavy atom. The first-order chi connectivity index (χ1) is 12.3. The molecule has 0 fully saturated rings. The van der Waals surface area contributed by atoms with Crippen molar-refractivity contribution in [1.29, 1.82) is 0 Å². The van der Waals surface area contributed by atoms with Crippen molar-refractivity contribution in [3.8, 4) is 5.75 Å². The molecule has 0 saturated heterocycles. The van der Waals surface area contributed by atoms with E-state index in [1.54, 1.807) is 5.48 Å². The van der Waals surface area contributed by atoms with E-state index in [0.717, 1.165) is 54.3 Å². The fourth-order valence-electron chi connectivity index (χ4n) is 3.14. The van der Waals surface area contributed by atoms with Gasteiger partial charge in [-0.15, -0.1) is 0 Å². The average molecular weight is 340 g/mol. The summed E-state index contributed by atoms with van der Waals surface area (Å²) in [6.07, 6.45) is 5.32. The van der Waals surface area contributed by atoms with Gasteiger partial charge in [-0.2, -0.15) is 0 Å². The Bertz CT molecular complexity index is 841. The lowest BCUT2D eigenvalue weighted by molar-refractivity contribution is -0.129. The topological polar surface area (TPSA) is 74.4 Å². The second-order valence-electron chi connectivity index (χ2n) is 6.25. The van der Waals surface area contributed by atoms with Crippen LogP contribution in [0.3, 0.4) is 0 Å². The number of carbonyl (C=O) groups excluding carboxylic acids is 1. The highest BCUT2D eigenvalue weighted by molar-refractivity contribution is 6.10. The molecule has 0 aliphatic carbocycles. The smallest absolute Gasteiger partial charge is 0.243 e. The number of para-hydroxylation sites is 1. The lowest BCUT2D eigenvalue weighted by atomic mass is 10.1. The fraction of sp³-hybridized carbons (Fsp3) is 0.350. The van der Waals surface area contributed by atoms with Crippen LogP contribution in [0.25, 0.3) is 21.8 Å². The monoisotopic (exact) mass is 340 g/mol. The third kappa shape index (κ3) is 4.31. The number of hydrogen-bond acceptors (Lipinski definition) is 3. The molecule has 0 aliphatic rings. The zero-order valence-electron chi connectivity index (χ0n) is 14.3. The molecule has 5 nitrogen and oxygen atoms in total. The number of nitrogens with one attached hydrogen (secondary N) is 2. The second-order valence-corrected chi connectivity index (χ2v) is 6.25. The molecule has 0 spiro atoms. The van der Waals surface area contributed by atoms with Gasteiger partial charge in [-0.05, 0) is 31.0 Å². The number of amides is 1. The Hall–Kier alpha value is -2.53. The number of ether oxygens (including phenoxy) is 1. The van der Waals surface area contributed by atoms with Gasteiger partial charge in [0, 0.05) is 22.7 Å². The summed E-state index contributed by atoms with van der Waals surface area (Å²) < 4.78 is 6.03. The summed E-state index contributed by atoms with van der Waals surface area (Å²) in [5, 5.41) is 10.8. The highest BCUT2D eigenvalue weighted by atomic mass is 16.5. The van der Waals surface area contributed by atoms with Gasteiger partial charge in [0.05, 0.1) is 12.1 Å². The molecule has 0 atom stereocenters. The average Bonchev–Trinajstić information content (AvgIpc) is 3.03. The zero-order valence-corrected chi connectivity index (χ0v) is 14.3. The van der Waals surface area contributed by atoms with E-state index >= 15 is 0 Å². The molecule has 1 aromatic heterocycles. The maximum Gasteiger partial charge on any atom is 0.243 e. The number of H-pyrrole nitrogens is 1. The van der Waals surface area contributed by atoms with Crippen LogP contribution in [0.4, 0.5) is 0 Å². The number of carbonyl (C=O) groups is 1. The molecule has 0 radical (unpaired) electrons. The van der Waals surface area contributed by atoms with Gasteiger partial charge in [-0.25, -0.2) is 5.48 Å². The molecule has 1 amide bonds. The fourth-order valence-corrected chi connectivity index (χ4v) is 3.14. The van der Waals surface area contributed by atoms with E-state index < -0.39 is 0 Å². The standard InChI is InChI=1S/C20H24N2O3/c23-19(22-24)13-4-2-1-3-7-14-25-18-12-8-11-17-20(18)15-9-5-6-10-16(15)21-17/h5-6,8-12,21,24H,1-4,7,13-14H2,(H,22,23). The van der Waals surface area contributed by atoms with Crippen LogP contribution in [0.15, 0.2) is 42.5 Å². The number of unbranched alkanes of at least 4 members (excludes halogenated alkanes) is 4. The predicted octanol–water partition coefficient (Wildman–Crippen LogP) is 4.55. The second kappa shape index (κ2) is 8.53. The summed E-state index contributed by atoms with van der Waals surface area (Å²) in [4.78, 5) is 14.3. The van der Waals surface area contributed by atoms with E-state index in [1.165, 1.54) is 5.39 Å². The molecule has 0 bridgehead atoms. The van der Waals surface area contributed by atoms with Gasteiger partial charge >= 0.3 is 0 Å². The number of rotatable bonds is 9. The number of hydrogen-bond donors (Lipinski definition) is 3. The Kier molecular flexibility index (Phi) is 5.90. The maximum atomic E-state index is 10.9. The van der Waals surface area contributed by atoms with E-state index in [1.807, 2.05) is 24.3 Å². The van der Waals surface area contributed by atoms with Gasteiger partial charge in [0.2, 0.25) is 5.91 Å². The first kappa shape index (κ1) is 17.3. The quantitative estimate of drug-likeness (QED) is 0.304. The van der Waals surface area contributed by atoms with E-state index in [4.69, 9.17) is 9.94 Å². The molecular formula is C20H24N2O3. The van der Waals surface area contributed by atoms with Crippen molar-refractivity contribution >= 4 is 27.7 Å². The van der Waals surface area contributed by atoms with Gasteiger partial charge in [0.15, 0.2) is 0 Å². The normalized spacial score (nSPS) is 11.1. The van der Waals surface area contributed by atoms with Gasteiger partial charge in [0.1, 0.15) is 5.75 Å². The number of hydroxylamine groups is 1. The van der Waals surface area contributed by atoms with Gasteiger partial charge in [-0.1, -0.05) is 43.5 Å². The third-order valence-electron chi connectivity index (χ3n) is 4.42. The minimum Gasteiger partial charge on any atom is -0.493 e. The van der Waals surface area contributed by atoms with E-state index in [0.29, 0.717) is 13.0 Å². The molecule has 132 valence electrons.